The summed E-state index contributed by atoms with van der Waals surface area (Å²) >= 11 is 0. The van der Waals surface area contributed by atoms with Crippen molar-refractivity contribution in [3.05, 3.63) is 66.6 Å². The van der Waals surface area contributed by atoms with Gasteiger partial charge >= 0.3 is 0 Å². The van der Waals surface area contributed by atoms with E-state index in [0.717, 1.165) is 0 Å². The number of benzene rings is 2. The Kier molecular flexibility index (Phi) is 5.10. The maximum absolute atomic E-state index is 13.0. The van der Waals surface area contributed by atoms with Gasteiger partial charge in [-0.25, -0.2) is 22.5 Å². The summed E-state index contributed by atoms with van der Waals surface area (Å²) in [5.41, 5.74) is 1.01. The summed E-state index contributed by atoms with van der Waals surface area (Å²) in [7, 11) is -2.27. The normalized spacial score (nSPS) is 11.2. The summed E-state index contributed by atoms with van der Waals surface area (Å²) in [6, 6.07) is 13.9. The molecule has 0 saturated heterocycles. The molecule has 26 heavy (non-hydrogen) atoms. The summed E-state index contributed by atoms with van der Waals surface area (Å²) < 4.78 is 39.5. The standard InChI is InChI=1S/C17H16FN5O2S/c1-19-26(24,25)15-5-3-2-4-14(15)22-16-10-11-20-17(23-16)21-13-8-6-12(18)7-9-13/h2-11,19H,1H3,(H2,20,21,22,23). The highest BCUT2D eigenvalue weighted by Crippen LogP contribution is 2.24. The summed E-state index contributed by atoms with van der Waals surface area (Å²) in [6.45, 7) is 0. The zero-order chi connectivity index (χ0) is 18.6. The van der Waals surface area contributed by atoms with E-state index in [9.17, 15) is 12.8 Å². The number of nitrogens with zero attached hydrogens (tertiary/aromatic N) is 2. The van der Waals surface area contributed by atoms with Crippen LogP contribution < -0.4 is 15.4 Å². The molecule has 0 radical (unpaired) electrons. The highest BCUT2D eigenvalue weighted by Gasteiger charge is 2.16. The van der Waals surface area contributed by atoms with Gasteiger partial charge in [0.1, 0.15) is 16.5 Å². The van der Waals surface area contributed by atoms with E-state index < -0.39 is 10.0 Å². The quantitative estimate of drug-likeness (QED) is 0.615. The molecule has 0 spiro atoms. The second-order valence-electron chi connectivity index (χ2n) is 5.23. The van der Waals surface area contributed by atoms with Gasteiger partial charge in [-0.3, -0.25) is 0 Å². The third-order valence-corrected chi connectivity index (χ3v) is 4.94. The summed E-state index contributed by atoms with van der Waals surface area (Å²) in [4.78, 5) is 8.50. The molecule has 0 aliphatic rings. The largest absolute Gasteiger partial charge is 0.339 e. The molecule has 0 atom stereocenters. The van der Waals surface area contributed by atoms with Crippen molar-refractivity contribution >= 4 is 33.2 Å². The number of hydrogen-bond acceptors (Lipinski definition) is 6. The van der Waals surface area contributed by atoms with Crippen LogP contribution in [0.25, 0.3) is 0 Å². The monoisotopic (exact) mass is 373 g/mol. The number of anilines is 4. The first-order chi connectivity index (χ1) is 12.5. The second-order valence-corrected chi connectivity index (χ2v) is 7.08. The van der Waals surface area contributed by atoms with E-state index in [-0.39, 0.29) is 16.7 Å². The molecule has 0 saturated carbocycles. The highest BCUT2D eigenvalue weighted by molar-refractivity contribution is 7.89. The molecular weight excluding hydrogens is 357 g/mol. The molecule has 134 valence electrons. The Balaban J connectivity index is 1.85. The number of hydrogen-bond donors (Lipinski definition) is 3. The Morgan fingerprint density at radius 1 is 0.962 bits per heavy atom. The molecule has 1 heterocycles. The lowest BCUT2D eigenvalue weighted by Crippen LogP contribution is -2.19. The molecule has 0 fully saturated rings. The summed E-state index contributed by atoms with van der Waals surface area (Å²) in [5.74, 6) is 0.355. The first-order valence-corrected chi connectivity index (χ1v) is 9.11. The van der Waals surface area contributed by atoms with E-state index in [1.807, 2.05) is 0 Å². The lowest BCUT2D eigenvalue weighted by atomic mass is 10.3. The van der Waals surface area contributed by atoms with Crippen LogP contribution in [0.1, 0.15) is 0 Å². The van der Waals surface area contributed by atoms with Crippen LogP contribution in [-0.2, 0) is 10.0 Å². The zero-order valence-corrected chi connectivity index (χ0v) is 14.6. The molecule has 9 heteroatoms. The molecular formula is C17H16FN5O2S. The van der Waals surface area contributed by atoms with Gasteiger partial charge in [0.05, 0.1) is 5.69 Å². The maximum Gasteiger partial charge on any atom is 0.242 e. The van der Waals surface area contributed by atoms with Crippen molar-refractivity contribution in [2.75, 3.05) is 17.7 Å². The molecule has 7 nitrogen and oxygen atoms in total. The second kappa shape index (κ2) is 7.46. The van der Waals surface area contributed by atoms with Crippen LogP contribution in [-0.4, -0.2) is 25.4 Å². The number of aromatic nitrogens is 2. The topological polar surface area (TPSA) is 96.0 Å². The van der Waals surface area contributed by atoms with Crippen LogP contribution >= 0.6 is 0 Å². The predicted molar refractivity (Wildman–Crippen MR) is 97.7 cm³/mol. The Bertz CT molecular complexity index is 1010. The molecule has 2 aromatic carbocycles. The molecule has 3 aromatic rings. The Labute approximate surface area is 150 Å². The average molecular weight is 373 g/mol. The van der Waals surface area contributed by atoms with Crippen molar-refractivity contribution in [3.8, 4) is 0 Å². The highest BCUT2D eigenvalue weighted by atomic mass is 32.2. The van der Waals surface area contributed by atoms with Gasteiger partial charge in [0.15, 0.2) is 0 Å². The predicted octanol–water partition coefficient (Wildman–Crippen LogP) is 3.01. The van der Waals surface area contributed by atoms with Crippen LogP contribution in [0.5, 0.6) is 0 Å². The number of halogens is 1. The van der Waals surface area contributed by atoms with Gasteiger partial charge in [-0.2, -0.15) is 4.98 Å². The number of nitrogens with one attached hydrogen (secondary N) is 3. The van der Waals surface area contributed by atoms with E-state index >= 15 is 0 Å². The molecule has 0 amide bonds. The smallest absolute Gasteiger partial charge is 0.242 e. The van der Waals surface area contributed by atoms with Crippen LogP contribution in [0.2, 0.25) is 0 Å². The van der Waals surface area contributed by atoms with Crippen molar-refractivity contribution in [3.63, 3.8) is 0 Å². The fourth-order valence-electron chi connectivity index (χ4n) is 2.20. The third kappa shape index (κ3) is 4.13. The number of sulfonamides is 1. The SMILES string of the molecule is CNS(=O)(=O)c1ccccc1Nc1ccnc(Nc2ccc(F)cc2)n1. The lowest BCUT2D eigenvalue weighted by molar-refractivity contribution is 0.588. The van der Waals surface area contributed by atoms with Gasteiger partial charge in [0.2, 0.25) is 16.0 Å². The first-order valence-electron chi connectivity index (χ1n) is 7.63. The molecule has 0 aliphatic heterocycles. The molecule has 0 bridgehead atoms. The fraction of sp³-hybridized carbons (Fsp3) is 0.0588. The minimum absolute atomic E-state index is 0.106. The van der Waals surface area contributed by atoms with Gasteiger partial charge in [0.25, 0.3) is 0 Å². The zero-order valence-electron chi connectivity index (χ0n) is 13.8. The van der Waals surface area contributed by atoms with Crippen molar-refractivity contribution in [1.29, 1.82) is 0 Å². The van der Waals surface area contributed by atoms with Gasteiger partial charge in [-0.05, 0) is 49.5 Å². The molecule has 3 N–H and O–H groups in total. The number of para-hydroxylation sites is 1. The Morgan fingerprint density at radius 3 is 2.42 bits per heavy atom. The van der Waals surface area contributed by atoms with Gasteiger partial charge < -0.3 is 10.6 Å². The van der Waals surface area contributed by atoms with Crippen molar-refractivity contribution < 1.29 is 12.8 Å². The molecule has 0 unspecified atom stereocenters. The lowest BCUT2D eigenvalue weighted by Gasteiger charge is -2.12. The van der Waals surface area contributed by atoms with Crippen molar-refractivity contribution in [2.24, 2.45) is 0 Å². The van der Waals surface area contributed by atoms with Crippen LogP contribution in [0.4, 0.5) is 27.5 Å². The summed E-state index contributed by atoms with van der Waals surface area (Å²) in [5, 5.41) is 5.93. The van der Waals surface area contributed by atoms with Gasteiger partial charge in [-0.1, -0.05) is 12.1 Å². The van der Waals surface area contributed by atoms with Crippen LogP contribution in [0.15, 0.2) is 65.7 Å². The van der Waals surface area contributed by atoms with Gasteiger partial charge in [0, 0.05) is 11.9 Å². The van der Waals surface area contributed by atoms with E-state index in [4.69, 9.17) is 0 Å². The van der Waals surface area contributed by atoms with Crippen molar-refractivity contribution in [2.45, 2.75) is 4.90 Å². The molecule has 0 aliphatic carbocycles. The van der Waals surface area contributed by atoms with Crippen LogP contribution in [0, 0.1) is 5.82 Å². The molecule has 1 aromatic heterocycles. The minimum Gasteiger partial charge on any atom is -0.339 e. The van der Waals surface area contributed by atoms with Crippen LogP contribution in [0.3, 0.4) is 0 Å². The van der Waals surface area contributed by atoms with Crippen molar-refractivity contribution in [1.82, 2.24) is 14.7 Å². The minimum atomic E-state index is -3.62. The first kappa shape index (κ1) is 17.8. The maximum atomic E-state index is 13.0. The Hall–Kier alpha value is -3.04. The van der Waals surface area contributed by atoms with E-state index in [1.54, 1.807) is 36.4 Å². The number of rotatable bonds is 6. The average Bonchev–Trinajstić information content (AvgIpc) is 2.64. The van der Waals surface area contributed by atoms with E-state index in [1.165, 1.54) is 31.4 Å². The van der Waals surface area contributed by atoms with Gasteiger partial charge in [-0.15, -0.1) is 0 Å². The van der Waals surface area contributed by atoms with E-state index in [0.29, 0.717) is 17.2 Å². The summed E-state index contributed by atoms with van der Waals surface area (Å²) in [6.07, 6.45) is 1.52. The van der Waals surface area contributed by atoms with E-state index in [2.05, 4.69) is 25.3 Å². The fourth-order valence-corrected chi connectivity index (χ4v) is 3.09. The third-order valence-electron chi connectivity index (χ3n) is 3.46. The Morgan fingerprint density at radius 2 is 1.69 bits per heavy atom. The molecule has 3 rings (SSSR count).